The van der Waals surface area contributed by atoms with Crippen molar-refractivity contribution >= 4 is 29.9 Å². The van der Waals surface area contributed by atoms with Gasteiger partial charge in [-0.25, -0.2) is 0 Å². The highest BCUT2D eigenvalue weighted by molar-refractivity contribution is 14.0. The van der Waals surface area contributed by atoms with Crippen LogP contribution in [0, 0.1) is 0 Å². The molecule has 0 radical (unpaired) electrons. The van der Waals surface area contributed by atoms with E-state index in [1.165, 1.54) is 6.07 Å². The van der Waals surface area contributed by atoms with Crippen LogP contribution in [-0.2, 0) is 6.54 Å². The molecule has 170 valence electrons. The lowest BCUT2D eigenvalue weighted by atomic mass is 10.1. The summed E-state index contributed by atoms with van der Waals surface area (Å²) in [5.41, 5.74) is 0.609. The van der Waals surface area contributed by atoms with E-state index in [-0.39, 0.29) is 29.7 Å². The summed E-state index contributed by atoms with van der Waals surface area (Å²) < 4.78 is 35.8. The van der Waals surface area contributed by atoms with Crippen LogP contribution in [0.3, 0.4) is 0 Å². The maximum Gasteiger partial charge on any atom is 0.387 e. The van der Waals surface area contributed by atoms with Crippen molar-refractivity contribution in [3.05, 3.63) is 36.4 Å². The van der Waals surface area contributed by atoms with Gasteiger partial charge in [-0.3, -0.25) is 9.89 Å². The number of ether oxygens (including phenoxy) is 2. The average Bonchev–Trinajstić information content (AvgIpc) is 2.71. The second-order valence-electron chi connectivity index (χ2n) is 6.93. The summed E-state index contributed by atoms with van der Waals surface area (Å²) in [7, 11) is 1.69. The molecular weight excluding hydrogens is 505 g/mol. The molecule has 0 atom stereocenters. The van der Waals surface area contributed by atoms with Crippen LogP contribution in [0.1, 0.15) is 31.7 Å². The van der Waals surface area contributed by atoms with Crippen LogP contribution >= 0.6 is 24.0 Å². The van der Waals surface area contributed by atoms with Gasteiger partial charge < -0.3 is 20.1 Å². The predicted octanol–water partition coefficient (Wildman–Crippen LogP) is 4.01. The molecule has 1 saturated heterocycles. The molecule has 2 N–H and O–H groups in total. The van der Waals surface area contributed by atoms with Crippen LogP contribution in [0.2, 0.25) is 0 Å². The number of rotatable bonds is 10. The predicted molar refractivity (Wildman–Crippen MR) is 127 cm³/mol. The summed E-state index contributed by atoms with van der Waals surface area (Å²) in [4.78, 5) is 6.61. The van der Waals surface area contributed by atoms with Gasteiger partial charge >= 0.3 is 6.61 Å². The quantitative estimate of drug-likeness (QED) is 0.204. The molecule has 0 unspecified atom stereocenters. The SMILES string of the molecule is C=CCN1CCC(NC(=NC)NCc2ccc(OCCC)cc2OC(F)F)CC1.I. The second-order valence-corrected chi connectivity index (χ2v) is 6.93. The lowest BCUT2D eigenvalue weighted by Gasteiger charge is -2.32. The van der Waals surface area contributed by atoms with Crippen molar-refractivity contribution in [1.82, 2.24) is 15.5 Å². The topological polar surface area (TPSA) is 58.1 Å². The Morgan fingerprint density at radius 3 is 2.70 bits per heavy atom. The molecule has 0 bridgehead atoms. The molecule has 2 rings (SSSR count). The van der Waals surface area contributed by atoms with Crippen molar-refractivity contribution in [2.45, 2.75) is 45.4 Å². The van der Waals surface area contributed by atoms with Gasteiger partial charge in [0.1, 0.15) is 11.5 Å². The van der Waals surface area contributed by atoms with Gasteiger partial charge in [0.05, 0.1) is 6.61 Å². The molecule has 1 aliphatic rings. The monoisotopic (exact) mass is 538 g/mol. The highest BCUT2D eigenvalue weighted by Gasteiger charge is 2.19. The number of aliphatic imine (C=N–C) groups is 1. The van der Waals surface area contributed by atoms with Gasteiger partial charge in [0.15, 0.2) is 5.96 Å². The number of piperidine rings is 1. The van der Waals surface area contributed by atoms with Gasteiger partial charge in [0, 0.05) is 50.9 Å². The zero-order valence-corrected chi connectivity index (χ0v) is 20.0. The molecule has 0 aromatic heterocycles. The van der Waals surface area contributed by atoms with E-state index in [2.05, 4.69) is 31.8 Å². The van der Waals surface area contributed by atoms with Crippen LogP contribution in [0.4, 0.5) is 8.78 Å². The van der Waals surface area contributed by atoms with E-state index in [4.69, 9.17) is 4.74 Å². The third-order valence-electron chi connectivity index (χ3n) is 4.71. The zero-order valence-electron chi connectivity index (χ0n) is 17.7. The van der Waals surface area contributed by atoms with Gasteiger partial charge in [0.25, 0.3) is 0 Å². The number of alkyl halides is 2. The van der Waals surface area contributed by atoms with Crippen LogP contribution in [0.5, 0.6) is 11.5 Å². The first-order chi connectivity index (χ1) is 14.0. The average molecular weight is 538 g/mol. The fraction of sp³-hybridized carbons (Fsp3) is 0.571. The summed E-state index contributed by atoms with van der Waals surface area (Å²) in [6, 6.07) is 5.32. The highest BCUT2D eigenvalue weighted by atomic mass is 127. The molecule has 1 heterocycles. The van der Waals surface area contributed by atoms with E-state index >= 15 is 0 Å². The Morgan fingerprint density at radius 1 is 1.37 bits per heavy atom. The third-order valence-corrected chi connectivity index (χ3v) is 4.71. The summed E-state index contributed by atoms with van der Waals surface area (Å²) in [5, 5.41) is 6.60. The number of guanidine groups is 1. The molecule has 1 aliphatic heterocycles. The second kappa shape index (κ2) is 14.4. The van der Waals surface area contributed by atoms with Crippen LogP contribution in [0.25, 0.3) is 0 Å². The Labute approximate surface area is 195 Å². The molecule has 0 amide bonds. The first kappa shape index (κ1) is 26.4. The maximum atomic E-state index is 12.8. The minimum atomic E-state index is -2.90. The van der Waals surface area contributed by atoms with E-state index < -0.39 is 6.61 Å². The van der Waals surface area contributed by atoms with Gasteiger partial charge in [-0.2, -0.15) is 8.78 Å². The summed E-state index contributed by atoms with van der Waals surface area (Å²) >= 11 is 0. The minimum absolute atomic E-state index is 0. The smallest absolute Gasteiger partial charge is 0.387 e. The molecule has 30 heavy (non-hydrogen) atoms. The van der Waals surface area contributed by atoms with E-state index in [9.17, 15) is 8.78 Å². The Kier molecular flexibility index (Phi) is 12.7. The molecular formula is C21H33F2IN4O2. The Balaban J connectivity index is 0.00000450. The van der Waals surface area contributed by atoms with Crippen LogP contribution in [-0.4, -0.2) is 56.8 Å². The van der Waals surface area contributed by atoms with E-state index in [1.54, 1.807) is 19.2 Å². The van der Waals surface area contributed by atoms with Crippen molar-refractivity contribution in [2.75, 3.05) is 33.3 Å². The van der Waals surface area contributed by atoms with Crippen molar-refractivity contribution in [1.29, 1.82) is 0 Å². The summed E-state index contributed by atoms with van der Waals surface area (Å²) in [5.74, 6) is 1.26. The first-order valence-electron chi connectivity index (χ1n) is 10.1. The lowest BCUT2D eigenvalue weighted by Crippen LogP contribution is -2.48. The van der Waals surface area contributed by atoms with Crippen molar-refractivity contribution in [2.24, 2.45) is 4.99 Å². The van der Waals surface area contributed by atoms with E-state index in [0.717, 1.165) is 38.9 Å². The van der Waals surface area contributed by atoms with Crippen molar-refractivity contribution in [3.63, 3.8) is 0 Å². The lowest BCUT2D eigenvalue weighted by molar-refractivity contribution is -0.0505. The summed E-state index contributed by atoms with van der Waals surface area (Å²) in [6.07, 6.45) is 4.78. The Bertz CT molecular complexity index is 668. The standard InChI is InChI=1S/C21H32F2N4O2.HI/c1-4-10-27-11-8-17(9-12-27)26-21(24-3)25-15-16-6-7-18(28-13-5-2)14-19(16)29-20(22)23;/h4,6-7,14,17,20H,1,5,8-13,15H2,2-3H3,(H2,24,25,26);1H. The highest BCUT2D eigenvalue weighted by Crippen LogP contribution is 2.26. The Hall–Kier alpha value is -1.62. The van der Waals surface area contributed by atoms with Gasteiger partial charge in [0.2, 0.25) is 0 Å². The molecule has 0 saturated carbocycles. The number of benzene rings is 1. The number of likely N-dealkylation sites (tertiary alicyclic amines) is 1. The molecule has 0 aliphatic carbocycles. The number of halogens is 3. The minimum Gasteiger partial charge on any atom is -0.493 e. The zero-order chi connectivity index (χ0) is 21.1. The molecule has 6 nitrogen and oxygen atoms in total. The molecule has 1 aromatic rings. The van der Waals surface area contributed by atoms with Crippen molar-refractivity contribution < 1.29 is 18.3 Å². The van der Waals surface area contributed by atoms with E-state index in [1.807, 2.05) is 13.0 Å². The van der Waals surface area contributed by atoms with Gasteiger partial charge in [-0.15, -0.1) is 30.6 Å². The largest absolute Gasteiger partial charge is 0.493 e. The van der Waals surface area contributed by atoms with E-state index in [0.29, 0.717) is 36.5 Å². The summed E-state index contributed by atoms with van der Waals surface area (Å²) in [6.45, 7) is 6.62. The maximum absolute atomic E-state index is 12.8. The van der Waals surface area contributed by atoms with Crippen LogP contribution < -0.4 is 20.1 Å². The molecule has 1 fully saturated rings. The van der Waals surface area contributed by atoms with Crippen molar-refractivity contribution in [3.8, 4) is 11.5 Å². The molecule has 0 spiro atoms. The number of nitrogens with zero attached hydrogens (tertiary/aromatic N) is 2. The third kappa shape index (κ3) is 9.03. The number of hydrogen-bond acceptors (Lipinski definition) is 4. The number of nitrogens with one attached hydrogen (secondary N) is 2. The van der Waals surface area contributed by atoms with Gasteiger partial charge in [-0.05, 0) is 31.4 Å². The number of hydrogen-bond donors (Lipinski definition) is 2. The molecule has 9 heteroatoms. The van der Waals surface area contributed by atoms with Crippen LogP contribution in [0.15, 0.2) is 35.8 Å². The fourth-order valence-electron chi connectivity index (χ4n) is 3.21. The Morgan fingerprint density at radius 2 is 2.10 bits per heavy atom. The fourth-order valence-corrected chi connectivity index (χ4v) is 3.21. The first-order valence-corrected chi connectivity index (χ1v) is 10.1. The normalized spacial score (nSPS) is 15.4. The van der Waals surface area contributed by atoms with Gasteiger partial charge in [-0.1, -0.05) is 13.0 Å². The molecule has 1 aromatic carbocycles.